The molecular weight excluding hydrogens is 270 g/mol. The number of hydrogen-bond donors (Lipinski definition) is 1. The monoisotopic (exact) mass is 279 g/mol. The second-order valence-electron chi connectivity index (χ2n) is 3.60. The summed E-state index contributed by atoms with van der Waals surface area (Å²) in [6.45, 7) is 0. The van der Waals surface area contributed by atoms with Gasteiger partial charge in [-0.15, -0.1) is 11.8 Å². The van der Waals surface area contributed by atoms with Crippen LogP contribution in [0.3, 0.4) is 0 Å². The standard InChI is InChI=1S/C13H10ClNO2S/c14-10-3-1-2-9(6-10)8-18-11-4-5-15-12(7-11)13(16)17/h1-7H,8H2,(H,16,17). The van der Waals surface area contributed by atoms with Gasteiger partial charge in [0.05, 0.1) is 0 Å². The quantitative estimate of drug-likeness (QED) is 0.867. The summed E-state index contributed by atoms with van der Waals surface area (Å²) in [4.78, 5) is 15.4. The number of benzene rings is 1. The van der Waals surface area contributed by atoms with Gasteiger partial charge in [-0.2, -0.15) is 0 Å². The molecule has 5 heteroatoms. The molecule has 0 aliphatic carbocycles. The van der Waals surface area contributed by atoms with E-state index in [9.17, 15) is 4.79 Å². The number of aromatic nitrogens is 1. The summed E-state index contributed by atoms with van der Waals surface area (Å²) in [6, 6.07) is 11.0. The van der Waals surface area contributed by atoms with Crippen molar-refractivity contribution in [2.75, 3.05) is 0 Å². The zero-order valence-electron chi connectivity index (χ0n) is 9.34. The highest BCUT2D eigenvalue weighted by Crippen LogP contribution is 2.24. The number of hydrogen-bond acceptors (Lipinski definition) is 3. The number of thioether (sulfide) groups is 1. The molecule has 1 aromatic carbocycles. The third kappa shape index (κ3) is 3.48. The first-order valence-corrected chi connectivity index (χ1v) is 6.58. The van der Waals surface area contributed by atoms with Crippen LogP contribution in [-0.4, -0.2) is 16.1 Å². The van der Waals surface area contributed by atoms with Gasteiger partial charge in [0.15, 0.2) is 0 Å². The molecule has 3 nitrogen and oxygen atoms in total. The Kier molecular flexibility index (Phi) is 4.23. The highest BCUT2D eigenvalue weighted by atomic mass is 35.5. The predicted molar refractivity (Wildman–Crippen MR) is 72.2 cm³/mol. The minimum atomic E-state index is -1.01. The van der Waals surface area contributed by atoms with E-state index in [2.05, 4.69) is 4.98 Å². The normalized spacial score (nSPS) is 10.3. The lowest BCUT2D eigenvalue weighted by molar-refractivity contribution is 0.0690. The molecule has 18 heavy (non-hydrogen) atoms. The number of carboxylic acid groups (broad SMARTS) is 1. The summed E-state index contributed by atoms with van der Waals surface area (Å²) in [6.07, 6.45) is 1.50. The first-order chi connectivity index (χ1) is 8.65. The van der Waals surface area contributed by atoms with Crippen LogP contribution in [0.25, 0.3) is 0 Å². The van der Waals surface area contributed by atoms with Crippen LogP contribution in [-0.2, 0) is 5.75 Å². The van der Waals surface area contributed by atoms with Gasteiger partial charge >= 0.3 is 5.97 Å². The van der Waals surface area contributed by atoms with Gasteiger partial charge in [-0.3, -0.25) is 0 Å². The maximum atomic E-state index is 10.8. The summed E-state index contributed by atoms with van der Waals surface area (Å²) in [5.41, 5.74) is 1.16. The molecule has 0 saturated carbocycles. The molecule has 2 aromatic rings. The first-order valence-electron chi connectivity index (χ1n) is 5.22. The van der Waals surface area contributed by atoms with E-state index in [-0.39, 0.29) is 5.69 Å². The maximum absolute atomic E-state index is 10.8. The Balaban J connectivity index is 2.06. The number of nitrogens with zero attached hydrogens (tertiary/aromatic N) is 1. The van der Waals surface area contributed by atoms with Crippen molar-refractivity contribution in [3.8, 4) is 0 Å². The van der Waals surface area contributed by atoms with Gasteiger partial charge in [0, 0.05) is 21.9 Å². The van der Waals surface area contributed by atoms with Crippen molar-refractivity contribution in [1.82, 2.24) is 4.98 Å². The van der Waals surface area contributed by atoms with Gasteiger partial charge in [0.1, 0.15) is 5.69 Å². The Hall–Kier alpha value is -1.52. The van der Waals surface area contributed by atoms with Crippen molar-refractivity contribution in [2.24, 2.45) is 0 Å². The Bertz CT molecular complexity index is 574. The van der Waals surface area contributed by atoms with Gasteiger partial charge in [0.25, 0.3) is 0 Å². The average Bonchev–Trinajstić information content (AvgIpc) is 2.37. The molecular formula is C13H10ClNO2S. The largest absolute Gasteiger partial charge is 0.477 e. The smallest absolute Gasteiger partial charge is 0.354 e. The predicted octanol–water partition coefficient (Wildman–Crippen LogP) is 3.73. The van der Waals surface area contributed by atoms with Crippen LogP contribution in [0.2, 0.25) is 5.02 Å². The van der Waals surface area contributed by atoms with E-state index in [1.165, 1.54) is 6.20 Å². The summed E-state index contributed by atoms with van der Waals surface area (Å²) in [5, 5.41) is 9.54. The molecule has 0 amide bonds. The molecule has 0 unspecified atom stereocenters. The zero-order valence-corrected chi connectivity index (χ0v) is 10.9. The summed E-state index contributed by atoms with van der Waals surface area (Å²) in [5.74, 6) is -0.274. The molecule has 0 bridgehead atoms. The maximum Gasteiger partial charge on any atom is 0.354 e. The summed E-state index contributed by atoms with van der Waals surface area (Å²) >= 11 is 7.45. The Morgan fingerprint density at radius 2 is 2.17 bits per heavy atom. The SMILES string of the molecule is O=C(O)c1cc(SCc2cccc(Cl)c2)ccn1. The van der Waals surface area contributed by atoms with Crippen molar-refractivity contribution in [3.05, 3.63) is 58.9 Å². The van der Waals surface area contributed by atoms with Crippen molar-refractivity contribution in [3.63, 3.8) is 0 Å². The number of aromatic carboxylic acids is 1. The highest BCUT2D eigenvalue weighted by molar-refractivity contribution is 7.98. The fourth-order valence-corrected chi connectivity index (χ4v) is 2.49. The molecule has 0 fully saturated rings. The topological polar surface area (TPSA) is 50.2 Å². The molecule has 0 saturated heterocycles. The Morgan fingerprint density at radius 3 is 2.89 bits per heavy atom. The average molecular weight is 280 g/mol. The second kappa shape index (κ2) is 5.89. The van der Waals surface area contributed by atoms with Gasteiger partial charge in [-0.05, 0) is 29.8 Å². The number of carbonyl (C=O) groups is 1. The number of pyridine rings is 1. The van der Waals surface area contributed by atoms with Crippen molar-refractivity contribution >= 4 is 29.3 Å². The van der Waals surface area contributed by atoms with E-state index in [4.69, 9.17) is 16.7 Å². The van der Waals surface area contributed by atoms with E-state index >= 15 is 0 Å². The van der Waals surface area contributed by atoms with Crippen LogP contribution in [0.15, 0.2) is 47.5 Å². The third-order valence-corrected chi connectivity index (χ3v) is 3.55. The molecule has 1 heterocycles. The Morgan fingerprint density at radius 1 is 1.33 bits per heavy atom. The third-order valence-electron chi connectivity index (χ3n) is 2.25. The second-order valence-corrected chi connectivity index (χ2v) is 5.09. The highest BCUT2D eigenvalue weighted by Gasteiger charge is 2.05. The fraction of sp³-hybridized carbons (Fsp3) is 0.0769. The molecule has 92 valence electrons. The zero-order chi connectivity index (χ0) is 13.0. The lowest BCUT2D eigenvalue weighted by Gasteiger charge is -2.03. The van der Waals surface area contributed by atoms with Gasteiger partial charge in [-0.1, -0.05) is 23.7 Å². The number of carboxylic acids is 1. The first kappa shape index (κ1) is 12.9. The molecule has 0 atom stereocenters. The Labute approximate surface area is 114 Å². The van der Waals surface area contributed by atoms with E-state index in [1.807, 2.05) is 24.3 Å². The summed E-state index contributed by atoms with van der Waals surface area (Å²) < 4.78 is 0. The van der Waals surface area contributed by atoms with Crippen LogP contribution in [0.4, 0.5) is 0 Å². The number of rotatable bonds is 4. The fourth-order valence-electron chi connectivity index (χ4n) is 1.41. The van der Waals surface area contributed by atoms with Crippen LogP contribution in [0.5, 0.6) is 0 Å². The molecule has 0 aliphatic rings. The van der Waals surface area contributed by atoms with Crippen molar-refractivity contribution in [1.29, 1.82) is 0 Å². The van der Waals surface area contributed by atoms with Crippen molar-refractivity contribution < 1.29 is 9.90 Å². The van der Waals surface area contributed by atoms with Gasteiger partial charge in [0.2, 0.25) is 0 Å². The molecule has 1 aromatic heterocycles. The minimum Gasteiger partial charge on any atom is -0.477 e. The van der Waals surface area contributed by atoms with E-state index in [1.54, 1.807) is 23.9 Å². The van der Waals surface area contributed by atoms with Crippen LogP contribution >= 0.6 is 23.4 Å². The lowest BCUT2D eigenvalue weighted by Crippen LogP contribution is -1.99. The van der Waals surface area contributed by atoms with E-state index in [0.717, 1.165) is 16.2 Å². The minimum absolute atomic E-state index is 0.0612. The lowest BCUT2D eigenvalue weighted by atomic mass is 10.2. The number of halogens is 1. The summed E-state index contributed by atoms with van der Waals surface area (Å²) in [7, 11) is 0. The molecule has 2 rings (SSSR count). The van der Waals surface area contributed by atoms with E-state index < -0.39 is 5.97 Å². The molecule has 0 aliphatic heterocycles. The van der Waals surface area contributed by atoms with Gasteiger partial charge in [-0.25, -0.2) is 9.78 Å². The van der Waals surface area contributed by atoms with Crippen molar-refractivity contribution in [2.45, 2.75) is 10.6 Å². The van der Waals surface area contributed by atoms with Crippen LogP contribution in [0.1, 0.15) is 16.1 Å². The molecule has 0 spiro atoms. The van der Waals surface area contributed by atoms with E-state index in [0.29, 0.717) is 5.02 Å². The molecule has 0 radical (unpaired) electrons. The molecule has 1 N–H and O–H groups in total. The van der Waals surface area contributed by atoms with Crippen LogP contribution in [0, 0.1) is 0 Å². The van der Waals surface area contributed by atoms with Gasteiger partial charge < -0.3 is 5.11 Å². The van der Waals surface area contributed by atoms with Crippen LogP contribution < -0.4 is 0 Å².